The van der Waals surface area contributed by atoms with E-state index in [9.17, 15) is 9.90 Å². The maximum absolute atomic E-state index is 10.4. The van der Waals surface area contributed by atoms with Crippen LogP contribution < -0.4 is 0 Å². The summed E-state index contributed by atoms with van der Waals surface area (Å²) >= 11 is 22.7. The molecule has 0 fully saturated rings. The summed E-state index contributed by atoms with van der Waals surface area (Å²) in [4.78, 5) is 10.4. The topological polar surface area (TPSA) is 57.5 Å². The van der Waals surface area contributed by atoms with Gasteiger partial charge in [0.2, 0.25) is 0 Å². The lowest BCUT2D eigenvalue weighted by molar-refractivity contribution is 0.112. The second kappa shape index (κ2) is 7.93. The van der Waals surface area contributed by atoms with Crippen LogP contribution >= 0.6 is 46.4 Å². The van der Waals surface area contributed by atoms with Gasteiger partial charge in [0.25, 0.3) is 0 Å². The van der Waals surface area contributed by atoms with E-state index in [-0.39, 0.29) is 22.1 Å². The molecule has 0 heterocycles. The van der Waals surface area contributed by atoms with Gasteiger partial charge in [0, 0.05) is 10.0 Å². The maximum Gasteiger partial charge on any atom is 0.153 e. The highest BCUT2D eigenvalue weighted by molar-refractivity contribution is 6.37. The summed E-state index contributed by atoms with van der Waals surface area (Å²) in [6.07, 6.45) is 0.506. The predicted molar refractivity (Wildman–Crippen MR) is 91.1 cm³/mol. The molecule has 0 radical (unpaired) electrons. The Bertz CT molecular complexity index is 688. The number of carbonyl (C=O) groups is 1. The Morgan fingerprint density at radius 3 is 1.95 bits per heavy atom. The fourth-order valence-electron chi connectivity index (χ4n) is 1.46. The lowest BCUT2D eigenvalue weighted by Gasteiger charge is -2.05. The molecule has 0 aliphatic heterocycles. The summed E-state index contributed by atoms with van der Waals surface area (Å²) in [5.74, 6) is -0.142. The van der Waals surface area contributed by atoms with Crippen molar-refractivity contribution >= 4 is 52.7 Å². The number of halogens is 4. The van der Waals surface area contributed by atoms with Gasteiger partial charge in [-0.05, 0) is 43.2 Å². The number of hydrogen-bond acceptors (Lipinski definition) is 3. The monoisotopic (exact) mass is 380 g/mol. The minimum absolute atomic E-state index is 0.0727. The van der Waals surface area contributed by atoms with E-state index in [0.29, 0.717) is 32.5 Å². The van der Waals surface area contributed by atoms with E-state index < -0.39 is 0 Å². The van der Waals surface area contributed by atoms with Crippen molar-refractivity contribution in [1.82, 2.24) is 0 Å². The molecule has 0 aliphatic rings. The molecule has 2 aromatic rings. The van der Waals surface area contributed by atoms with Gasteiger partial charge >= 0.3 is 0 Å². The first-order valence-corrected chi connectivity index (χ1v) is 7.48. The molecule has 7 heteroatoms. The molecule has 0 aliphatic carbocycles. The van der Waals surface area contributed by atoms with E-state index in [0.717, 1.165) is 0 Å². The van der Waals surface area contributed by atoms with Crippen LogP contribution in [0.1, 0.15) is 21.5 Å². The Balaban J connectivity index is 0.000000224. The first kappa shape index (κ1) is 18.9. The van der Waals surface area contributed by atoms with Crippen LogP contribution in [0, 0.1) is 13.8 Å². The smallest absolute Gasteiger partial charge is 0.153 e. The highest BCUT2D eigenvalue weighted by Crippen LogP contribution is 2.34. The first-order valence-electron chi connectivity index (χ1n) is 5.97. The van der Waals surface area contributed by atoms with Gasteiger partial charge in [-0.15, -0.1) is 0 Å². The average Bonchev–Trinajstić information content (AvgIpc) is 2.51. The van der Waals surface area contributed by atoms with Crippen LogP contribution in [0.2, 0.25) is 20.1 Å². The van der Waals surface area contributed by atoms with Crippen LogP contribution in [0.25, 0.3) is 0 Å². The average molecular weight is 382 g/mol. The fraction of sp³-hybridized carbons (Fsp3) is 0.133. The molecule has 2 N–H and O–H groups in total. The summed E-state index contributed by atoms with van der Waals surface area (Å²) in [5.41, 5.74) is 1.39. The molecule has 0 amide bonds. The highest BCUT2D eigenvalue weighted by atomic mass is 35.5. The zero-order valence-electron chi connectivity index (χ0n) is 11.6. The quantitative estimate of drug-likeness (QED) is 0.611. The summed E-state index contributed by atoms with van der Waals surface area (Å²) < 4.78 is 0. The third-order valence-electron chi connectivity index (χ3n) is 2.88. The van der Waals surface area contributed by atoms with Crippen molar-refractivity contribution < 1.29 is 15.0 Å². The van der Waals surface area contributed by atoms with Crippen LogP contribution in [-0.2, 0) is 0 Å². The second-order valence-electron chi connectivity index (χ2n) is 4.36. The minimum atomic E-state index is -0.214. The number of carbonyl (C=O) groups excluding carboxylic acids is 1. The van der Waals surface area contributed by atoms with Crippen LogP contribution in [-0.4, -0.2) is 16.5 Å². The number of phenols is 2. The van der Waals surface area contributed by atoms with Gasteiger partial charge in [0.15, 0.2) is 6.29 Å². The number of hydrogen-bond donors (Lipinski definition) is 2. The van der Waals surface area contributed by atoms with Crippen LogP contribution in [0.5, 0.6) is 11.5 Å². The van der Waals surface area contributed by atoms with Gasteiger partial charge in [0.05, 0.1) is 15.6 Å². The summed E-state index contributed by atoms with van der Waals surface area (Å²) in [5, 5.41) is 19.7. The SMILES string of the molecule is Cc1c(Cl)cc(C=O)c(O)c1Cl.Cc1c(Cl)ccc(O)c1Cl. The van der Waals surface area contributed by atoms with E-state index in [1.54, 1.807) is 19.9 Å². The Kier molecular flexibility index (Phi) is 6.82. The third kappa shape index (κ3) is 4.20. The predicted octanol–water partition coefficient (Wildman–Crippen LogP) is 5.83. The van der Waals surface area contributed by atoms with Crippen molar-refractivity contribution in [2.45, 2.75) is 13.8 Å². The molecular formula is C15H12Cl4O3. The normalized spacial score (nSPS) is 9.91. The molecular weight excluding hydrogens is 370 g/mol. The van der Waals surface area contributed by atoms with Gasteiger partial charge in [-0.2, -0.15) is 0 Å². The molecule has 0 saturated carbocycles. The molecule has 0 aromatic heterocycles. The van der Waals surface area contributed by atoms with E-state index in [1.807, 2.05) is 0 Å². The highest BCUT2D eigenvalue weighted by Gasteiger charge is 2.11. The molecule has 2 aromatic carbocycles. The summed E-state index contributed by atoms with van der Waals surface area (Å²) in [7, 11) is 0. The lowest BCUT2D eigenvalue weighted by atomic mass is 10.1. The van der Waals surface area contributed by atoms with Crippen molar-refractivity contribution in [3.05, 3.63) is 55.0 Å². The molecule has 0 bridgehead atoms. The van der Waals surface area contributed by atoms with Gasteiger partial charge in [0.1, 0.15) is 11.5 Å². The number of phenolic OH excluding ortho intramolecular Hbond substituents is 2. The summed E-state index contributed by atoms with van der Waals surface area (Å²) in [6.45, 7) is 3.42. The lowest BCUT2D eigenvalue weighted by Crippen LogP contribution is -1.86. The molecule has 118 valence electrons. The van der Waals surface area contributed by atoms with Crippen molar-refractivity contribution in [2.75, 3.05) is 0 Å². The molecule has 0 saturated heterocycles. The van der Waals surface area contributed by atoms with Gasteiger partial charge in [-0.3, -0.25) is 4.79 Å². The van der Waals surface area contributed by atoms with Crippen LogP contribution in [0.4, 0.5) is 0 Å². The Morgan fingerprint density at radius 2 is 1.45 bits per heavy atom. The van der Waals surface area contributed by atoms with Gasteiger partial charge in [-0.1, -0.05) is 46.4 Å². The summed E-state index contributed by atoms with van der Waals surface area (Å²) in [6, 6.07) is 4.46. The van der Waals surface area contributed by atoms with Crippen molar-refractivity contribution in [3.63, 3.8) is 0 Å². The minimum Gasteiger partial charge on any atom is -0.506 e. The number of aromatic hydroxyl groups is 2. The standard InChI is InChI=1S/C8H6Cl2O2.C7H6Cl2O/c1-4-6(9)2-5(3-11)8(12)7(4)10;1-4-5(8)2-3-6(10)7(4)9/h2-3,12H,1H3;2-3,10H,1H3. The zero-order valence-corrected chi connectivity index (χ0v) is 14.6. The van der Waals surface area contributed by atoms with E-state index in [4.69, 9.17) is 51.5 Å². The molecule has 22 heavy (non-hydrogen) atoms. The third-order valence-corrected chi connectivity index (χ3v) is 4.62. The van der Waals surface area contributed by atoms with Gasteiger partial charge < -0.3 is 10.2 Å². The molecule has 3 nitrogen and oxygen atoms in total. The van der Waals surface area contributed by atoms with E-state index >= 15 is 0 Å². The number of aldehydes is 1. The van der Waals surface area contributed by atoms with E-state index in [1.165, 1.54) is 12.1 Å². The molecule has 0 unspecified atom stereocenters. The van der Waals surface area contributed by atoms with Crippen LogP contribution in [0.15, 0.2) is 18.2 Å². The Morgan fingerprint density at radius 1 is 0.909 bits per heavy atom. The maximum atomic E-state index is 10.4. The van der Waals surface area contributed by atoms with Crippen molar-refractivity contribution in [2.24, 2.45) is 0 Å². The largest absolute Gasteiger partial charge is 0.506 e. The first-order chi connectivity index (χ1) is 10.2. The molecule has 2 rings (SSSR count). The van der Waals surface area contributed by atoms with Gasteiger partial charge in [-0.25, -0.2) is 0 Å². The number of rotatable bonds is 1. The Labute approximate surface area is 148 Å². The molecule has 0 spiro atoms. The second-order valence-corrected chi connectivity index (χ2v) is 5.93. The van der Waals surface area contributed by atoms with Crippen molar-refractivity contribution in [3.8, 4) is 11.5 Å². The zero-order chi connectivity index (χ0) is 17.0. The number of benzene rings is 2. The molecule has 0 atom stereocenters. The fourth-order valence-corrected chi connectivity index (χ4v) is 2.30. The van der Waals surface area contributed by atoms with E-state index in [2.05, 4.69) is 0 Å². The van der Waals surface area contributed by atoms with Crippen LogP contribution in [0.3, 0.4) is 0 Å². The Hall–Kier alpha value is -1.13. The van der Waals surface area contributed by atoms with Crippen molar-refractivity contribution in [1.29, 1.82) is 0 Å².